The second-order valence-corrected chi connectivity index (χ2v) is 6.08. The molecule has 3 atom stereocenters. The summed E-state index contributed by atoms with van der Waals surface area (Å²) in [4.78, 5) is 23.7. The fourth-order valence-electron chi connectivity index (χ4n) is 2.29. The zero-order chi connectivity index (χ0) is 15.3. The van der Waals surface area contributed by atoms with Crippen molar-refractivity contribution in [1.29, 1.82) is 0 Å². The van der Waals surface area contributed by atoms with Crippen LogP contribution in [0.15, 0.2) is 0 Å². The third-order valence-corrected chi connectivity index (χ3v) is 3.11. The van der Waals surface area contributed by atoms with Crippen LogP contribution >= 0.6 is 0 Å². The van der Waals surface area contributed by atoms with Gasteiger partial charge in [0.2, 0.25) is 0 Å². The molecule has 0 spiro atoms. The van der Waals surface area contributed by atoms with Crippen molar-refractivity contribution in [2.45, 2.75) is 64.7 Å². The van der Waals surface area contributed by atoms with Crippen LogP contribution in [0, 0.1) is 5.92 Å². The molecule has 0 saturated heterocycles. The second-order valence-electron chi connectivity index (χ2n) is 6.08. The molecule has 1 rings (SSSR count). The summed E-state index contributed by atoms with van der Waals surface area (Å²) in [7, 11) is 0. The minimum absolute atomic E-state index is 0.282. The van der Waals surface area contributed by atoms with Crippen LogP contribution in [-0.4, -0.2) is 41.5 Å². The Morgan fingerprint density at radius 2 is 1.95 bits per heavy atom. The van der Waals surface area contributed by atoms with E-state index in [-0.39, 0.29) is 18.6 Å². The summed E-state index contributed by atoms with van der Waals surface area (Å²) < 4.78 is 10.2. The van der Waals surface area contributed by atoms with Crippen molar-refractivity contribution in [2.24, 2.45) is 5.92 Å². The summed E-state index contributed by atoms with van der Waals surface area (Å²) in [5.74, 6) is -0.904. The maximum atomic E-state index is 11.9. The molecule has 0 aromatic carbocycles. The minimum atomic E-state index is -0.586. The Morgan fingerprint density at radius 3 is 2.50 bits per heavy atom. The first-order valence-electron chi connectivity index (χ1n) is 7.07. The number of aliphatic hydroxyl groups excluding tert-OH is 1. The van der Waals surface area contributed by atoms with E-state index in [0.29, 0.717) is 19.3 Å². The van der Waals surface area contributed by atoms with Crippen molar-refractivity contribution >= 4 is 12.1 Å². The van der Waals surface area contributed by atoms with Gasteiger partial charge in [-0.3, -0.25) is 4.79 Å². The van der Waals surface area contributed by atoms with Gasteiger partial charge in [0.05, 0.1) is 18.6 Å². The number of carbonyl (C=O) groups excluding carboxylic acids is 2. The maximum Gasteiger partial charge on any atom is 0.407 e. The Bertz CT molecular complexity index is 350. The fraction of sp³-hybridized carbons (Fsp3) is 0.857. The minimum Gasteiger partial charge on any atom is -0.466 e. The van der Waals surface area contributed by atoms with Crippen molar-refractivity contribution in [3.05, 3.63) is 0 Å². The zero-order valence-corrected chi connectivity index (χ0v) is 12.6. The molecule has 20 heavy (non-hydrogen) atoms. The highest BCUT2D eigenvalue weighted by molar-refractivity contribution is 5.75. The molecule has 1 fully saturated rings. The highest BCUT2D eigenvalue weighted by Gasteiger charge is 2.37. The normalized spacial score (nSPS) is 26.8. The van der Waals surface area contributed by atoms with Gasteiger partial charge in [0.1, 0.15) is 5.60 Å². The largest absolute Gasteiger partial charge is 0.466 e. The number of hydrogen-bond acceptors (Lipinski definition) is 5. The molecule has 1 saturated carbocycles. The third kappa shape index (κ3) is 5.36. The molecule has 1 aliphatic rings. The van der Waals surface area contributed by atoms with E-state index in [1.54, 1.807) is 27.7 Å². The molecule has 0 unspecified atom stereocenters. The smallest absolute Gasteiger partial charge is 0.407 e. The number of nitrogens with one attached hydrogen (secondary N) is 1. The predicted molar refractivity (Wildman–Crippen MR) is 73.1 cm³/mol. The number of ether oxygens (including phenoxy) is 2. The number of carbonyl (C=O) groups is 2. The highest BCUT2D eigenvalue weighted by Crippen LogP contribution is 2.26. The van der Waals surface area contributed by atoms with E-state index < -0.39 is 23.7 Å². The molecule has 1 aliphatic carbocycles. The second kappa shape index (κ2) is 6.92. The molecule has 0 aromatic rings. The molecule has 116 valence electrons. The van der Waals surface area contributed by atoms with E-state index in [4.69, 9.17) is 9.47 Å². The van der Waals surface area contributed by atoms with Crippen molar-refractivity contribution in [3.8, 4) is 0 Å². The molecule has 0 aliphatic heterocycles. The molecule has 0 heterocycles. The monoisotopic (exact) mass is 287 g/mol. The van der Waals surface area contributed by atoms with E-state index in [0.717, 1.165) is 0 Å². The molecule has 6 heteroatoms. The van der Waals surface area contributed by atoms with Gasteiger partial charge in [-0.2, -0.15) is 0 Å². The lowest BCUT2D eigenvalue weighted by molar-refractivity contribution is -0.151. The van der Waals surface area contributed by atoms with Crippen LogP contribution < -0.4 is 5.32 Å². The zero-order valence-electron chi connectivity index (χ0n) is 12.6. The standard InChI is InChI=1S/C14H25NO5/c1-5-19-12(17)10-8-9(16)6-7-11(10)15-13(18)20-14(2,3)4/h9-11,16H,5-8H2,1-4H3,(H,15,18)/t9-,10-,11+/m1/s1. The van der Waals surface area contributed by atoms with Gasteiger partial charge < -0.3 is 19.9 Å². The van der Waals surface area contributed by atoms with Gasteiger partial charge in [0.25, 0.3) is 0 Å². The van der Waals surface area contributed by atoms with Gasteiger partial charge in [0.15, 0.2) is 0 Å². The van der Waals surface area contributed by atoms with E-state index >= 15 is 0 Å². The fourth-order valence-corrected chi connectivity index (χ4v) is 2.29. The van der Waals surface area contributed by atoms with Gasteiger partial charge >= 0.3 is 12.1 Å². The Kier molecular flexibility index (Phi) is 5.80. The van der Waals surface area contributed by atoms with Crippen LogP contribution in [0.5, 0.6) is 0 Å². The van der Waals surface area contributed by atoms with Gasteiger partial charge in [-0.1, -0.05) is 0 Å². The molecule has 2 N–H and O–H groups in total. The lowest BCUT2D eigenvalue weighted by atomic mass is 9.83. The average Bonchev–Trinajstić information content (AvgIpc) is 2.29. The van der Waals surface area contributed by atoms with Crippen molar-refractivity contribution in [2.75, 3.05) is 6.61 Å². The summed E-state index contributed by atoms with van der Waals surface area (Å²) in [6.45, 7) is 7.35. The van der Waals surface area contributed by atoms with Crippen molar-refractivity contribution in [1.82, 2.24) is 5.32 Å². The van der Waals surface area contributed by atoms with Gasteiger partial charge in [-0.15, -0.1) is 0 Å². The van der Waals surface area contributed by atoms with Crippen LogP contribution in [0.25, 0.3) is 0 Å². The van der Waals surface area contributed by atoms with E-state index in [2.05, 4.69) is 5.32 Å². The van der Waals surface area contributed by atoms with Crippen LogP contribution in [0.1, 0.15) is 47.0 Å². The number of aliphatic hydroxyl groups is 1. The molecule has 1 amide bonds. The third-order valence-electron chi connectivity index (χ3n) is 3.11. The van der Waals surface area contributed by atoms with Crippen molar-refractivity contribution in [3.63, 3.8) is 0 Å². The number of hydrogen-bond donors (Lipinski definition) is 2. The Morgan fingerprint density at radius 1 is 1.30 bits per heavy atom. The molecular weight excluding hydrogens is 262 g/mol. The van der Waals surface area contributed by atoms with Crippen LogP contribution in [0.3, 0.4) is 0 Å². The van der Waals surface area contributed by atoms with E-state index in [9.17, 15) is 14.7 Å². The number of alkyl carbamates (subject to hydrolysis) is 1. The molecule has 0 aromatic heterocycles. The lowest BCUT2D eigenvalue weighted by Gasteiger charge is -2.33. The van der Waals surface area contributed by atoms with Crippen molar-refractivity contribution < 1.29 is 24.2 Å². The van der Waals surface area contributed by atoms with Crippen LogP contribution in [0.4, 0.5) is 4.79 Å². The molecule has 0 bridgehead atoms. The SMILES string of the molecule is CCOC(=O)[C@@H]1C[C@H](O)CC[C@@H]1NC(=O)OC(C)(C)C. The van der Waals surface area contributed by atoms with Gasteiger partial charge in [-0.25, -0.2) is 4.79 Å². The Balaban J connectivity index is 2.64. The highest BCUT2D eigenvalue weighted by atomic mass is 16.6. The van der Waals surface area contributed by atoms with E-state index in [1.165, 1.54) is 0 Å². The number of rotatable bonds is 3. The van der Waals surface area contributed by atoms with Gasteiger partial charge in [0, 0.05) is 6.04 Å². The molecule has 6 nitrogen and oxygen atoms in total. The number of amides is 1. The quantitative estimate of drug-likeness (QED) is 0.770. The summed E-state index contributed by atoms with van der Waals surface area (Å²) >= 11 is 0. The number of esters is 1. The first-order valence-corrected chi connectivity index (χ1v) is 7.07. The van der Waals surface area contributed by atoms with Gasteiger partial charge in [-0.05, 0) is 47.0 Å². The van der Waals surface area contributed by atoms with E-state index in [1.807, 2.05) is 0 Å². The molecule has 0 radical (unpaired) electrons. The Hall–Kier alpha value is -1.30. The summed E-state index contributed by atoms with van der Waals surface area (Å²) in [6, 6.07) is -0.354. The Labute approximate surface area is 119 Å². The summed E-state index contributed by atoms with van der Waals surface area (Å²) in [5, 5.41) is 12.4. The predicted octanol–water partition coefficient (Wildman–Crippen LogP) is 1.60. The molecular formula is C14H25NO5. The average molecular weight is 287 g/mol. The van der Waals surface area contributed by atoms with Crippen LogP contribution in [-0.2, 0) is 14.3 Å². The maximum absolute atomic E-state index is 11.9. The first-order chi connectivity index (χ1) is 9.23. The first kappa shape index (κ1) is 16.8. The topological polar surface area (TPSA) is 84.9 Å². The summed E-state index contributed by atoms with van der Waals surface area (Å²) in [6.07, 6.45) is 0.314. The lowest BCUT2D eigenvalue weighted by Crippen LogP contribution is -2.49. The summed E-state index contributed by atoms with van der Waals surface area (Å²) in [5.41, 5.74) is -0.586. The van der Waals surface area contributed by atoms with Crippen LogP contribution in [0.2, 0.25) is 0 Å².